The molecule has 18 heavy (non-hydrogen) atoms. The van der Waals surface area contributed by atoms with E-state index < -0.39 is 0 Å². The summed E-state index contributed by atoms with van der Waals surface area (Å²) < 4.78 is 2.10. The van der Waals surface area contributed by atoms with Gasteiger partial charge >= 0.3 is 0 Å². The molecule has 1 aromatic heterocycles. The standard InChI is InChI=1S/C15H20N2O/c1-3-5-15-16-10-11-17(15)13-8-6-12(7-9-13)14(18)4-2/h6-11,14,18H,3-5H2,1-2H3/t14-/m1/s1. The maximum absolute atomic E-state index is 9.77. The minimum atomic E-state index is -0.364. The summed E-state index contributed by atoms with van der Waals surface area (Å²) in [6.45, 7) is 4.13. The summed E-state index contributed by atoms with van der Waals surface area (Å²) >= 11 is 0. The van der Waals surface area contributed by atoms with E-state index in [-0.39, 0.29) is 6.10 Å². The number of benzene rings is 1. The molecule has 0 saturated carbocycles. The third-order valence-corrected chi connectivity index (χ3v) is 3.13. The highest BCUT2D eigenvalue weighted by molar-refractivity contribution is 5.36. The monoisotopic (exact) mass is 244 g/mol. The Morgan fingerprint density at radius 1 is 1.22 bits per heavy atom. The zero-order chi connectivity index (χ0) is 13.0. The second kappa shape index (κ2) is 5.83. The van der Waals surface area contributed by atoms with Crippen molar-refractivity contribution in [3.05, 3.63) is 48.0 Å². The summed E-state index contributed by atoms with van der Waals surface area (Å²) in [6.07, 6.45) is 6.26. The fourth-order valence-electron chi connectivity index (χ4n) is 2.07. The van der Waals surface area contributed by atoms with Crippen LogP contribution in [0.3, 0.4) is 0 Å². The van der Waals surface area contributed by atoms with Crippen molar-refractivity contribution in [1.29, 1.82) is 0 Å². The molecule has 1 heterocycles. The van der Waals surface area contributed by atoms with E-state index in [9.17, 15) is 5.11 Å². The van der Waals surface area contributed by atoms with Gasteiger partial charge < -0.3 is 9.67 Å². The number of rotatable bonds is 5. The predicted octanol–water partition coefficient (Wildman–Crippen LogP) is 3.27. The number of hydrogen-bond acceptors (Lipinski definition) is 2. The van der Waals surface area contributed by atoms with Crippen LogP contribution in [0, 0.1) is 0 Å². The van der Waals surface area contributed by atoms with Crippen molar-refractivity contribution >= 4 is 0 Å². The van der Waals surface area contributed by atoms with Gasteiger partial charge in [0.2, 0.25) is 0 Å². The molecule has 0 aliphatic heterocycles. The lowest BCUT2D eigenvalue weighted by Crippen LogP contribution is -2.01. The first kappa shape index (κ1) is 12.8. The number of nitrogens with zero attached hydrogens (tertiary/aromatic N) is 2. The van der Waals surface area contributed by atoms with Crippen LogP contribution in [-0.2, 0) is 6.42 Å². The van der Waals surface area contributed by atoms with Crippen molar-refractivity contribution in [3.8, 4) is 5.69 Å². The first-order valence-electron chi connectivity index (χ1n) is 6.56. The van der Waals surface area contributed by atoms with Gasteiger partial charge in [0.1, 0.15) is 5.82 Å². The normalized spacial score (nSPS) is 12.6. The molecule has 1 N–H and O–H groups in total. The lowest BCUT2D eigenvalue weighted by Gasteiger charge is -2.11. The van der Waals surface area contributed by atoms with Crippen molar-refractivity contribution < 1.29 is 5.11 Å². The van der Waals surface area contributed by atoms with E-state index in [0.717, 1.165) is 36.3 Å². The average molecular weight is 244 g/mol. The van der Waals surface area contributed by atoms with E-state index in [2.05, 4.69) is 16.5 Å². The van der Waals surface area contributed by atoms with Gasteiger partial charge in [0.25, 0.3) is 0 Å². The molecule has 0 saturated heterocycles. The van der Waals surface area contributed by atoms with E-state index >= 15 is 0 Å². The maximum Gasteiger partial charge on any atom is 0.113 e. The number of aryl methyl sites for hydroxylation is 1. The highest BCUT2D eigenvalue weighted by atomic mass is 16.3. The predicted molar refractivity (Wildman–Crippen MR) is 72.8 cm³/mol. The van der Waals surface area contributed by atoms with E-state index in [1.807, 2.05) is 43.6 Å². The van der Waals surface area contributed by atoms with Gasteiger partial charge in [-0.15, -0.1) is 0 Å². The van der Waals surface area contributed by atoms with Crippen LogP contribution in [0.1, 0.15) is 44.2 Å². The zero-order valence-corrected chi connectivity index (χ0v) is 11.0. The molecule has 1 aromatic carbocycles. The summed E-state index contributed by atoms with van der Waals surface area (Å²) in [5.41, 5.74) is 2.07. The molecule has 3 heteroatoms. The van der Waals surface area contributed by atoms with Crippen molar-refractivity contribution in [3.63, 3.8) is 0 Å². The Morgan fingerprint density at radius 2 is 1.94 bits per heavy atom. The molecule has 0 amide bonds. The van der Waals surface area contributed by atoms with Crippen molar-refractivity contribution in [2.24, 2.45) is 0 Å². The summed E-state index contributed by atoms with van der Waals surface area (Å²) in [6, 6.07) is 8.04. The Kier molecular flexibility index (Phi) is 4.15. The Morgan fingerprint density at radius 3 is 2.56 bits per heavy atom. The molecule has 0 radical (unpaired) electrons. The molecule has 1 atom stereocenters. The number of aromatic nitrogens is 2. The Labute approximate surface area is 108 Å². The zero-order valence-electron chi connectivity index (χ0n) is 11.0. The molecule has 96 valence electrons. The van der Waals surface area contributed by atoms with Gasteiger partial charge in [-0.25, -0.2) is 4.98 Å². The smallest absolute Gasteiger partial charge is 0.113 e. The van der Waals surface area contributed by atoms with Gasteiger partial charge in [0.05, 0.1) is 6.10 Å². The van der Waals surface area contributed by atoms with Crippen LogP contribution in [0.25, 0.3) is 5.69 Å². The highest BCUT2D eigenvalue weighted by Crippen LogP contribution is 2.19. The van der Waals surface area contributed by atoms with Crippen molar-refractivity contribution in [1.82, 2.24) is 9.55 Å². The minimum Gasteiger partial charge on any atom is -0.388 e. The molecular weight excluding hydrogens is 224 g/mol. The molecule has 0 fully saturated rings. The average Bonchev–Trinajstić information content (AvgIpc) is 2.87. The fourth-order valence-corrected chi connectivity index (χ4v) is 2.07. The lowest BCUT2D eigenvalue weighted by atomic mass is 10.1. The number of hydrogen-bond donors (Lipinski definition) is 1. The second-order valence-corrected chi connectivity index (χ2v) is 4.48. The lowest BCUT2D eigenvalue weighted by molar-refractivity contribution is 0.173. The van der Waals surface area contributed by atoms with E-state index in [4.69, 9.17) is 0 Å². The minimum absolute atomic E-state index is 0.364. The first-order chi connectivity index (χ1) is 8.76. The summed E-state index contributed by atoms with van der Waals surface area (Å²) in [5, 5.41) is 9.77. The molecular formula is C15H20N2O. The van der Waals surface area contributed by atoms with Crippen LogP contribution in [0.4, 0.5) is 0 Å². The quantitative estimate of drug-likeness (QED) is 0.876. The number of imidazole rings is 1. The SMILES string of the molecule is CCCc1nccn1-c1ccc([C@H](O)CC)cc1. The molecule has 0 aliphatic carbocycles. The Bertz CT molecular complexity index is 487. The van der Waals surface area contributed by atoms with Crippen LogP contribution < -0.4 is 0 Å². The first-order valence-corrected chi connectivity index (χ1v) is 6.56. The molecule has 3 nitrogen and oxygen atoms in total. The van der Waals surface area contributed by atoms with E-state index in [0.29, 0.717) is 0 Å². The molecule has 2 aromatic rings. The van der Waals surface area contributed by atoms with Gasteiger partial charge in [0.15, 0.2) is 0 Å². The molecule has 0 bridgehead atoms. The van der Waals surface area contributed by atoms with Crippen molar-refractivity contribution in [2.45, 2.75) is 39.2 Å². The molecule has 0 unspecified atom stereocenters. The van der Waals surface area contributed by atoms with E-state index in [1.54, 1.807) is 0 Å². The van der Waals surface area contributed by atoms with Crippen molar-refractivity contribution in [2.75, 3.05) is 0 Å². The van der Waals surface area contributed by atoms with Crippen LogP contribution in [0.15, 0.2) is 36.7 Å². The van der Waals surface area contributed by atoms with Crippen LogP contribution in [-0.4, -0.2) is 14.7 Å². The van der Waals surface area contributed by atoms with Gasteiger partial charge in [0, 0.05) is 24.5 Å². The highest BCUT2D eigenvalue weighted by Gasteiger charge is 2.07. The van der Waals surface area contributed by atoms with Crippen LogP contribution in [0.5, 0.6) is 0 Å². The third-order valence-electron chi connectivity index (χ3n) is 3.13. The molecule has 2 rings (SSSR count). The second-order valence-electron chi connectivity index (χ2n) is 4.48. The van der Waals surface area contributed by atoms with Gasteiger partial charge in [-0.05, 0) is 30.5 Å². The fraction of sp³-hybridized carbons (Fsp3) is 0.400. The van der Waals surface area contributed by atoms with Crippen LogP contribution >= 0.6 is 0 Å². The van der Waals surface area contributed by atoms with Gasteiger partial charge in [-0.2, -0.15) is 0 Å². The summed E-state index contributed by atoms with van der Waals surface area (Å²) in [7, 11) is 0. The molecule has 0 aliphatic rings. The van der Waals surface area contributed by atoms with Crippen LogP contribution in [0.2, 0.25) is 0 Å². The topological polar surface area (TPSA) is 38.0 Å². The Hall–Kier alpha value is -1.61. The molecule has 0 spiro atoms. The number of aliphatic hydroxyl groups is 1. The maximum atomic E-state index is 9.77. The van der Waals surface area contributed by atoms with E-state index in [1.165, 1.54) is 0 Å². The largest absolute Gasteiger partial charge is 0.388 e. The Balaban J connectivity index is 2.26. The van der Waals surface area contributed by atoms with Gasteiger partial charge in [-0.3, -0.25) is 0 Å². The summed E-state index contributed by atoms with van der Waals surface area (Å²) in [5.74, 6) is 1.08. The van der Waals surface area contributed by atoms with Gasteiger partial charge in [-0.1, -0.05) is 26.0 Å². The summed E-state index contributed by atoms with van der Waals surface area (Å²) in [4.78, 5) is 4.37. The number of aliphatic hydroxyl groups excluding tert-OH is 1. The third kappa shape index (κ3) is 2.62.